The van der Waals surface area contributed by atoms with Gasteiger partial charge in [-0.3, -0.25) is 14.9 Å². The maximum Gasteiger partial charge on any atom is 0.374 e. The van der Waals surface area contributed by atoms with Gasteiger partial charge in [-0.25, -0.2) is 9.78 Å². The lowest BCUT2D eigenvalue weighted by Gasteiger charge is -2.02. The first kappa shape index (κ1) is 12.7. The molecule has 1 N–H and O–H groups in total. The number of benzene rings is 1. The number of H-pyrrole nitrogens is 1. The first-order valence-corrected chi connectivity index (χ1v) is 5.38. The van der Waals surface area contributed by atoms with Crippen molar-refractivity contribution in [2.45, 2.75) is 6.92 Å². The van der Waals surface area contributed by atoms with Crippen LogP contribution in [-0.2, 0) is 4.74 Å². The predicted octanol–water partition coefficient (Wildman–Crippen LogP) is 1.01. The van der Waals surface area contributed by atoms with Crippen LogP contribution < -0.4 is 5.56 Å². The number of non-ortho nitro benzene ring substituents is 1. The largest absolute Gasteiger partial charge is 0.460 e. The molecule has 0 bridgehead atoms. The van der Waals surface area contributed by atoms with Crippen molar-refractivity contribution in [2.75, 3.05) is 6.61 Å². The number of carbonyl (C=O) groups excluding carboxylic acids is 1. The summed E-state index contributed by atoms with van der Waals surface area (Å²) in [7, 11) is 0. The molecule has 2 aromatic rings. The molecular weight excluding hydrogens is 254 g/mol. The van der Waals surface area contributed by atoms with Crippen LogP contribution in [-0.4, -0.2) is 27.5 Å². The van der Waals surface area contributed by atoms with E-state index in [2.05, 4.69) is 9.97 Å². The number of nitro benzene ring substituents is 1. The number of aromatic nitrogens is 2. The van der Waals surface area contributed by atoms with Crippen LogP contribution in [0.3, 0.4) is 0 Å². The van der Waals surface area contributed by atoms with Crippen molar-refractivity contribution >= 4 is 22.6 Å². The van der Waals surface area contributed by atoms with Crippen molar-refractivity contribution in [3.63, 3.8) is 0 Å². The van der Waals surface area contributed by atoms with E-state index in [1.54, 1.807) is 6.92 Å². The highest BCUT2D eigenvalue weighted by molar-refractivity contribution is 5.89. The van der Waals surface area contributed by atoms with Gasteiger partial charge in [-0.2, -0.15) is 0 Å². The number of ether oxygens (including phenoxy) is 1. The lowest BCUT2D eigenvalue weighted by atomic mass is 10.2. The van der Waals surface area contributed by atoms with E-state index in [1.807, 2.05) is 0 Å². The fourth-order valence-electron chi connectivity index (χ4n) is 1.54. The Morgan fingerprint density at radius 2 is 2.26 bits per heavy atom. The average Bonchev–Trinajstić information content (AvgIpc) is 2.38. The lowest BCUT2D eigenvalue weighted by molar-refractivity contribution is -0.384. The minimum absolute atomic E-state index is 0.0437. The summed E-state index contributed by atoms with van der Waals surface area (Å²) in [5.41, 5.74) is -0.655. The van der Waals surface area contributed by atoms with Gasteiger partial charge in [0.15, 0.2) is 0 Å². The minimum Gasteiger partial charge on any atom is -0.460 e. The second-order valence-corrected chi connectivity index (χ2v) is 3.59. The second-order valence-electron chi connectivity index (χ2n) is 3.59. The van der Waals surface area contributed by atoms with E-state index < -0.39 is 16.5 Å². The molecule has 2 rings (SSSR count). The molecule has 1 aromatic heterocycles. The number of esters is 1. The molecule has 98 valence electrons. The molecule has 0 saturated carbocycles. The number of rotatable bonds is 3. The number of fused-ring (bicyclic) bond motifs is 1. The summed E-state index contributed by atoms with van der Waals surface area (Å²) in [6, 6.07) is 3.63. The Bertz CT molecular complexity index is 722. The van der Waals surface area contributed by atoms with Crippen LogP contribution in [0.4, 0.5) is 5.69 Å². The van der Waals surface area contributed by atoms with Crippen molar-refractivity contribution in [3.05, 3.63) is 44.5 Å². The van der Waals surface area contributed by atoms with Crippen molar-refractivity contribution < 1.29 is 14.5 Å². The van der Waals surface area contributed by atoms with Gasteiger partial charge in [0.2, 0.25) is 5.82 Å². The van der Waals surface area contributed by atoms with Gasteiger partial charge in [0.1, 0.15) is 0 Å². The molecule has 0 aliphatic rings. The van der Waals surface area contributed by atoms with E-state index >= 15 is 0 Å². The molecule has 0 aliphatic carbocycles. The molecule has 1 aromatic carbocycles. The molecule has 0 unspecified atom stereocenters. The molecule has 0 aliphatic heterocycles. The molecule has 0 amide bonds. The number of carbonyl (C=O) groups is 1. The zero-order valence-corrected chi connectivity index (χ0v) is 9.87. The third-order valence-corrected chi connectivity index (χ3v) is 2.37. The third-order valence-electron chi connectivity index (χ3n) is 2.37. The first-order chi connectivity index (χ1) is 9.02. The summed E-state index contributed by atoms with van der Waals surface area (Å²) in [5.74, 6) is -0.979. The van der Waals surface area contributed by atoms with Crippen molar-refractivity contribution in [2.24, 2.45) is 0 Å². The van der Waals surface area contributed by atoms with Gasteiger partial charge >= 0.3 is 5.97 Å². The monoisotopic (exact) mass is 263 g/mol. The third kappa shape index (κ3) is 2.41. The maximum atomic E-state index is 11.8. The summed E-state index contributed by atoms with van der Waals surface area (Å²) in [6.07, 6.45) is 0. The van der Waals surface area contributed by atoms with Gasteiger partial charge in [0.25, 0.3) is 11.2 Å². The van der Waals surface area contributed by atoms with Crippen LogP contribution in [0, 0.1) is 10.1 Å². The van der Waals surface area contributed by atoms with Gasteiger partial charge in [0, 0.05) is 12.1 Å². The van der Waals surface area contributed by atoms with Crippen LogP contribution in [0.25, 0.3) is 10.9 Å². The summed E-state index contributed by atoms with van der Waals surface area (Å²) >= 11 is 0. The molecule has 0 spiro atoms. The Balaban J connectivity index is 2.59. The van der Waals surface area contributed by atoms with Crippen LogP contribution >= 0.6 is 0 Å². The number of nitro groups is 1. The minimum atomic E-state index is -0.750. The summed E-state index contributed by atoms with van der Waals surface area (Å²) in [4.78, 5) is 39.4. The highest BCUT2D eigenvalue weighted by Gasteiger charge is 2.14. The van der Waals surface area contributed by atoms with E-state index in [0.29, 0.717) is 0 Å². The summed E-state index contributed by atoms with van der Waals surface area (Å²) in [5, 5.41) is 10.7. The summed E-state index contributed by atoms with van der Waals surface area (Å²) in [6.45, 7) is 1.78. The van der Waals surface area contributed by atoms with Crippen molar-refractivity contribution in [1.29, 1.82) is 0 Å². The molecular formula is C11H9N3O5. The predicted molar refractivity (Wildman–Crippen MR) is 65.0 cm³/mol. The van der Waals surface area contributed by atoms with Gasteiger partial charge in [0.05, 0.1) is 22.4 Å². The number of hydrogen-bond donors (Lipinski definition) is 1. The molecule has 1 heterocycles. The standard InChI is InChI=1S/C11H9N3O5/c1-2-19-11(16)9-12-8-4-3-6(14(17)18)5-7(8)10(15)13-9/h3-5H,2H2,1H3,(H,12,13,15). The van der Waals surface area contributed by atoms with E-state index in [1.165, 1.54) is 12.1 Å². The van der Waals surface area contributed by atoms with E-state index in [0.717, 1.165) is 6.07 Å². The Hall–Kier alpha value is -2.77. The topological polar surface area (TPSA) is 115 Å². The normalized spacial score (nSPS) is 10.4. The van der Waals surface area contributed by atoms with Crippen LogP contribution in [0.1, 0.15) is 17.5 Å². The highest BCUT2D eigenvalue weighted by atomic mass is 16.6. The highest BCUT2D eigenvalue weighted by Crippen LogP contribution is 2.16. The number of nitrogens with one attached hydrogen (secondary N) is 1. The van der Waals surface area contributed by atoms with Crippen molar-refractivity contribution in [3.8, 4) is 0 Å². The number of hydrogen-bond acceptors (Lipinski definition) is 6. The smallest absolute Gasteiger partial charge is 0.374 e. The molecule has 0 fully saturated rings. The van der Waals surface area contributed by atoms with Crippen molar-refractivity contribution in [1.82, 2.24) is 9.97 Å². The van der Waals surface area contributed by atoms with E-state index in [9.17, 15) is 19.7 Å². The van der Waals surface area contributed by atoms with Gasteiger partial charge in [-0.05, 0) is 13.0 Å². The lowest BCUT2D eigenvalue weighted by Crippen LogP contribution is -2.17. The number of nitrogens with zero attached hydrogens (tertiary/aromatic N) is 2. The quantitative estimate of drug-likeness (QED) is 0.502. The Labute approximate surface area is 106 Å². The maximum absolute atomic E-state index is 11.8. The fourth-order valence-corrected chi connectivity index (χ4v) is 1.54. The van der Waals surface area contributed by atoms with Gasteiger partial charge in [-0.1, -0.05) is 0 Å². The van der Waals surface area contributed by atoms with E-state index in [-0.39, 0.29) is 29.0 Å². The van der Waals surface area contributed by atoms with Gasteiger partial charge < -0.3 is 9.72 Å². The van der Waals surface area contributed by atoms with Crippen LogP contribution in [0.15, 0.2) is 23.0 Å². The summed E-state index contributed by atoms with van der Waals surface area (Å²) < 4.78 is 4.71. The van der Waals surface area contributed by atoms with Gasteiger partial charge in [-0.15, -0.1) is 0 Å². The zero-order chi connectivity index (χ0) is 14.0. The molecule has 8 heteroatoms. The average molecular weight is 263 g/mol. The molecule has 0 atom stereocenters. The molecule has 8 nitrogen and oxygen atoms in total. The first-order valence-electron chi connectivity index (χ1n) is 5.38. The fraction of sp³-hybridized carbons (Fsp3) is 0.182. The van der Waals surface area contributed by atoms with E-state index in [4.69, 9.17) is 4.74 Å². The SMILES string of the molecule is CCOC(=O)c1nc2ccc([N+](=O)[O-])cc2c(=O)[nH]1. The van der Waals surface area contributed by atoms with Crippen LogP contribution in [0.2, 0.25) is 0 Å². The Morgan fingerprint density at radius 1 is 1.53 bits per heavy atom. The molecule has 0 saturated heterocycles. The number of aromatic amines is 1. The molecule has 0 radical (unpaired) electrons. The molecule has 19 heavy (non-hydrogen) atoms. The Morgan fingerprint density at radius 3 is 2.89 bits per heavy atom. The van der Waals surface area contributed by atoms with Crippen LogP contribution in [0.5, 0.6) is 0 Å². The Kier molecular flexibility index (Phi) is 3.23. The second kappa shape index (κ2) is 4.84. The zero-order valence-electron chi connectivity index (χ0n) is 9.87.